The fourth-order valence-electron chi connectivity index (χ4n) is 2.28. The number of ether oxygens (including phenoxy) is 3. The highest BCUT2D eigenvalue weighted by atomic mass is 16.5. The maximum atomic E-state index is 12.1. The van der Waals surface area contributed by atoms with Gasteiger partial charge in [-0.05, 0) is 30.3 Å². The molecule has 0 unspecified atom stereocenters. The number of rotatable bonds is 9. The average molecular weight is 386 g/mol. The van der Waals surface area contributed by atoms with Crippen molar-refractivity contribution in [1.29, 1.82) is 0 Å². The van der Waals surface area contributed by atoms with Gasteiger partial charge in [0.05, 0.1) is 7.11 Å². The van der Waals surface area contributed by atoms with E-state index in [1.54, 1.807) is 42.5 Å². The highest BCUT2D eigenvalue weighted by Crippen LogP contribution is 2.25. The molecule has 8 heteroatoms. The molecule has 2 amide bonds. The summed E-state index contributed by atoms with van der Waals surface area (Å²) >= 11 is 0. The van der Waals surface area contributed by atoms with Crippen molar-refractivity contribution in [1.82, 2.24) is 10.6 Å². The minimum atomic E-state index is -0.462. The summed E-state index contributed by atoms with van der Waals surface area (Å²) in [5, 5.41) is 5.32. The van der Waals surface area contributed by atoms with Gasteiger partial charge in [0.1, 0.15) is 5.75 Å². The monoisotopic (exact) mass is 386 g/mol. The second kappa shape index (κ2) is 10.6. The molecule has 0 aliphatic carbocycles. The Morgan fingerprint density at radius 3 is 2.36 bits per heavy atom. The van der Waals surface area contributed by atoms with Crippen LogP contribution in [0.15, 0.2) is 48.5 Å². The molecule has 148 valence electrons. The molecular formula is C20H22N2O6. The van der Waals surface area contributed by atoms with Crippen molar-refractivity contribution in [2.75, 3.05) is 26.8 Å². The number of nitrogens with one attached hydrogen (secondary N) is 2. The van der Waals surface area contributed by atoms with E-state index in [-0.39, 0.29) is 31.5 Å². The van der Waals surface area contributed by atoms with Crippen molar-refractivity contribution >= 4 is 17.8 Å². The molecule has 2 aromatic carbocycles. The van der Waals surface area contributed by atoms with Crippen LogP contribution in [0.3, 0.4) is 0 Å². The number of carbonyl (C=O) groups excluding carboxylic acids is 3. The molecule has 2 aromatic rings. The Hall–Kier alpha value is -3.55. The van der Waals surface area contributed by atoms with Gasteiger partial charge in [0.2, 0.25) is 0 Å². The Kier molecular flexibility index (Phi) is 7.83. The van der Waals surface area contributed by atoms with E-state index < -0.39 is 5.97 Å². The molecule has 0 atom stereocenters. The predicted molar refractivity (Wildman–Crippen MR) is 102 cm³/mol. The third-order valence-electron chi connectivity index (χ3n) is 3.52. The molecule has 2 N–H and O–H groups in total. The van der Waals surface area contributed by atoms with Crippen molar-refractivity contribution in [3.63, 3.8) is 0 Å². The van der Waals surface area contributed by atoms with Gasteiger partial charge in [-0.1, -0.05) is 18.2 Å². The molecule has 0 radical (unpaired) electrons. The molecule has 0 bridgehead atoms. The molecule has 0 aromatic heterocycles. The fourth-order valence-corrected chi connectivity index (χ4v) is 2.28. The number of benzene rings is 2. The number of carbonyl (C=O) groups is 3. The maximum Gasteiger partial charge on any atom is 0.308 e. The number of hydrogen-bond acceptors (Lipinski definition) is 6. The van der Waals surface area contributed by atoms with Gasteiger partial charge >= 0.3 is 5.97 Å². The molecule has 0 saturated heterocycles. The van der Waals surface area contributed by atoms with Crippen LogP contribution < -0.4 is 24.8 Å². The van der Waals surface area contributed by atoms with Crippen LogP contribution in [0.4, 0.5) is 0 Å². The van der Waals surface area contributed by atoms with Crippen LogP contribution in [0.1, 0.15) is 17.3 Å². The lowest BCUT2D eigenvalue weighted by Gasteiger charge is -2.11. The van der Waals surface area contributed by atoms with Crippen LogP contribution in [0.5, 0.6) is 17.2 Å². The Bertz CT molecular complexity index is 837. The molecule has 28 heavy (non-hydrogen) atoms. The zero-order valence-electron chi connectivity index (χ0n) is 15.7. The summed E-state index contributed by atoms with van der Waals surface area (Å²) < 4.78 is 15.5. The number of methoxy groups -OCH3 is 1. The van der Waals surface area contributed by atoms with E-state index in [4.69, 9.17) is 14.2 Å². The first kappa shape index (κ1) is 20.8. The largest absolute Gasteiger partial charge is 0.493 e. The molecule has 0 heterocycles. The van der Waals surface area contributed by atoms with Gasteiger partial charge in [-0.3, -0.25) is 14.4 Å². The molecule has 0 saturated carbocycles. The summed E-state index contributed by atoms with van der Waals surface area (Å²) in [6.45, 7) is 1.59. The van der Waals surface area contributed by atoms with E-state index in [0.717, 1.165) is 0 Å². The van der Waals surface area contributed by atoms with E-state index in [1.807, 2.05) is 0 Å². The molecule has 0 fully saturated rings. The fraction of sp³-hybridized carbons (Fsp3) is 0.250. The maximum absolute atomic E-state index is 12.1. The summed E-state index contributed by atoms with van der Waals surface area (Å²) in [5.41, 5.74) is 0.351. The lowest BCUT2D eigenvalue weighted by atomic mass is 10.2. The molecule has 2 rings (SSSR count). The van der Waals surface area contributed by atoms with Gasteiger partial charge in [0.15, 0.2) is 18.1 Å². The average Bonchev–Trinajstić information content (AvgIpc) is 2.69. The van der Waals surface area contributed by atoms with Gasteiger partial charge in [-0.15, -0.1) is 0 Å². The van der Waals surface area contributed by atoms with E-state index in [1.165, 1.54) is 20.1 Å². The lowest BCUT2D eigenvalue weighted by molar-refractivity contribution is -0.131. The number of amides is 2. The standard InChI is InChI=1S/C20H22N2O6/c1-14(23)28-16-7-5-6-15(12-16)20(25)22-11-10-21-19(24)13-27-18-9-4-3-8-17(18)26-2/h3-9,12H,10-11,13H2,1-2H3,(H,21,24)(H,22,25). The van der Waals surface area contributed by atoms with E-state index in [9.17, 15) is 14.4 Å². The molecule has 0 aliphatic rings. The third-order valence-corrected chi connectivity index (χ3v) is 3.52. The van der Waals surface area contributed by atoms with Crippen LogP contribution in [0, 0.1) is 0 Å². The Labute approximate surface area is 162 Å². The van der Waals surface area contributed by atoms with Crippen LogP contribution >= 0.6 is 0 Å². The zero-order valence-corrected chi connectivity index (χ0v) is 15.7. The van der Waals surface area contributed by atoms with Gasteiger partial charge < -0.3 is 24.8 Å². The number of para-hydroxylation sites is 2. The molecule has 8 nitrogen and oxygen atoms in total. The third kappa shape index (κ3) is 6.64. The van der Waals surface area contributed by atoms with Gasteiger partial charge in [0.25, 0.3) is 11.8 Å². The lowest BCUT2D eigenvalue weighted by Crippen LogP contribution is -2.36. The smallest absolute Gasteiger partial charge is 0.308 e. The summed E-state index contributed by atoms with van der Waals surface area (Å²) in [7, 11) is 1.52. The highest BCUT2D eigenvalue weighted by Gasteiger charge is 2.09. The second-order valence-electron chi connectivity index (χ2n) is 5.67. The van der Waals surface area contributed by atoms with Crippen molar-refractivity contribution < 1.29 is 28.6 Å². The zero-order chi connectivity index (χ0) is 20.4. The predicted octanol–water partition coefficient (Wildman–Crippen LogP) is 1.55. The quantitative estimate of drug-likeness (QED) is 0.385. The summed E-state index contributed by atoms with van der Waals surface area (Å²) in [4.78, 5) is 34.9. The first-order valence-electron chi connectivity index (χ1n) is 8.59. The molecular weight excluding hydrogens is 364 g/mol. The Balaban J connectivity index is 1.71. The number of hydrogen-bond donors (Lipinski definition) is 2. The van der Waals surface area contributed by atoms with E-state index >= 15 is 0 Å². The summed E-state index contributed by atoms with van der Waals surface area (Å²) in [6.07, 6.45) is 0. The van der Waals surface area contributed by atoms with Gasteiger partial charge in [-0.25, -0.2) is 0 Å². The van der Waals surface area contributed by atoms with Crippen molar-refractivity contribution in [2.24, 2.45) is 0 Å². The summed E-state index contributed by atoms with van der Waals surface area (Å²) in [5.74, 6) is 0.183. The van der Waals surface area contributed by atoms with Crippen LogP contribution in [0.25, 0.3) is 0 Å². The van der Waals surface area contributed by atoms with Crippen molar-refractivity contribution in [3.05, 3.63) is 54.1 Å². The van der Waals surface area contributed by atoms with E-state index in [0.29, 0.717) is 22.8 Å². The van der Waals surface area contributed by atoms with Gasteiger partial charge in [-0.2, -0.15) is 0 Å². The molecule has 0 spiro atoms. The minimum Gasteiger partial charge on any atom is -0.493 e. The SMILES string of the molecule is COc1ccccc1OCC(=O)NCCNC(=O)c1cccc(OC(C)=O)c1. The first-order chi connectivity index (χ1) is 13.5. The van der Waals surface area contributed by atoms with Gasteiger partial charge in [0, 0.05) is 25.6 Å². The highest BCUT2D eigenvalue weighted by molar-refractivity contribution is 5.94. The van der Waals surface area contributed by atoms with E-state index in [2.05, 4.69) is 10.6 Å². The van der Waals surface area contributed by atoms with Crippen molar-refractivity contribution in [2.45, 2.75) is 6.92 Å². The second-order valence-corrected chi connectivity index (χ2v) is 5.67. The topological polar surface area (TPSA) is 103 Å². The van der Waals surface area contributed by atoms with Crippen LogP contribution in [0.2, 0.25) is 0 Å². The van der Waals surface area contributed by atoms with Crippen LogP contribution in [-0.2, 0) is 9.59 Å². The van der Waals surface area contributed by atoms with Crippen molar-refractivity contribution in [3.8, 4) is 17.2 Å². The Morgan fingerprint density at radius 2 is 1.64 bits per heavy atom. The first-order valence-corrected chi connectivity index (χ1v) is 8.59. The minimum absolute atomic E-state index is 0.168. The van der Waals surface area contributed by atoms with Crippen LogP contribution in [-0.4, -0.2) is 44.6 Å². The molecule has 0 aliphatic heterocycles. The Morgan fingerprint density at radius 1 is 0.929 bits per heavy atom. The normalized spacial score (nSPS) is 9.93. The number of esters is 1. The summed E-state index contributed by atoms with van der Waals surface area (Å²) in [6, 6.07) is 13.3.